The van der Waals surface area contributed by atoms with Gasteiger partial charge in [0.05, 0.1) is 11.0 Å². The number of fused-ring (bicyclic) bond motifs is 9. The van der Waals surface area contributed by atoms with Gasteiger partial charge in [0.1, 0.15) is 0 Å². The number of rotatable bonds is 2. The molecule has 0 amide bonds. The van der Waals surface area contributed by atoms with Gasteiger partial charge in [-0.15, -0.1) is 0 Å². The predicted octanol–water partition coefficient (Wildman–Crippen LogP) is 11.4. The van der Waals surface area contributed by atoms with E-state index >= 15 is 0 Å². The quantitative estimate of drug-likeness (QED) is 0.192. The third kappa shape index (κ3) is 3.67. The number of nitrogens with zero attached hydrogens (tertiary/aromatic N) is 1. The first-order valence-electron chi connectivity index (χ1n) is 16.3. The predicted molar refractivity (Wildman–Crippen MR) is 190 cm³/mol. The zero-order valence-corrected chi connectivity index (χ0v) is 26.7. The molecule has 2 aliphatic carbocycles. The van der Waals surface area contributed by atoms with Crippen LogP contribution in [0.2, 0.25) is 0 Å². The molecule has 1 aromatic heterocycles. The van der Waals surface area contributed by atoms with Crippen molar-refractivity contribution in [3.63, 3.8) is 0 Å². The van der Waals surface area contributed by atoms with Crippen molar-refractivity contribution < 1.29 is 0 Å². The van der Waals surface area contributed by atoms with Crippen molar-refractivity contribution in [2.24, 2.45) is 0 Å². The summed E-state index contributed by atoms with van der Waals surface area (Å²) in [6.45, 7) is 11.5. The van der Waals surface area contributed by atoms with E-state index in [1.54, 1.807) is 0 Å². The summed E-state index contributed by atoms with van der Waals surface area (Å²) in [7, 11) is 0. The highest BCUT2D eigenvalue weighted by atomic mass is 15.0. The Labute approximate surface area is 265 Å². The van der Waals surface area contributed by atoms with Crippen LogP contribution in [0.1, 0.15) is 64.3 Å². The second kappa shape index (κ2) is 9.31. The molecule has 0 aliphatic heterocycles. The van der Waals surface area contributed by atoms with Gasteiger partial charge in [-0.2, -0.15) is 0 Å². The normalized spacial score (nSPS) is 16.0. The number of aromatic nitrogens is 1. The third-order valence-corrected chi connectivity index (χ3v) is 10.9. The van der Waals surface area contributed by atoms with Crippen LogP contribution in [0.3, 0.4) is 0 Å². The van der Waals surface area contributed by atoms with Gasteiger partial charge in [-0.05, 0) is 119 Å². The van der Waals surface area contributed by atoms with E-state index in [4.69, 9.17) is 0 Å². The van der Waals surface area contributed by atoms with Gasteiger partial charge in [-0.3, -0.25) is 0 Å². The van der Waals surface area contributed by atoms with Crippen molar-refractivity contribution in [2.45, 2.75) is 52.4 Å². The summed E-state index contributed by atoms with van der Waals surface area (Å²) in [5.74, 6) is 0.338. The highest BCUT2D eigenvalue weighted by Gasteiger charge is 2.36. The summed E-state index contributed by atoms with van der Waals surface area (Å²) >= 11 is 0. The molecule has 0 N–H and O–H groups in total. The first-order chi connectivity index (χ1) is 21.8. The SMILES string of the molecule is Cc1cc(C)c(C2Cc3ccccc3-c3cc(-n4c5ccccc5c5cc6c(cc54)C(C)(C)c4ccccc4-6)ccc32)c(C)c1. The molecule has 0 spiro atoms. The minimum Gasteiger partial charge on any atom is -0.309 e. The molecule has 1 heteroatoms. The molecule has 0 fully saturated rings. The van der Waals surface area contributed by atoms with Crippen LogP contribution in [0, 0.1) is 20.8 Å². The Balaban J connectivity index is 1.31. The molecule has 45 heavy (non-hydrogen) atoms. The lowest BCUT2D eigenvalue weighted by Gasteiger charge is -2.31. The van der Waals surface area contributed by atoms with Gasteiger partial charge < -0.3 is 4.57 Å². The van der Waals surface area contributed by atoms with Crippen molar-refractivity contribution in [2.75, 3.05) is 0 Å². The Kier molecular flexibility index (Phi) is 5.49. The number of hydrogen-bond acceptors (Lipinski definition) is 0. The second-order valence-corrected chi connectivity index (χ2v) is 13.9. The van der Waals surface area contributed by atoms with E-state index in [1.165, 1.54) is 94.3 Å². The van der Waals surface area contributed by atoms with Crippen LogP contribution in [-0.4, -0.2) is 4.57 Å². The topological polar surface area (TPSA) is 4.93 Å². The molecule has 6 aromatic carbocycles. The first kappa shape index (κ1) is 26.5. The Hall–Kier alpha value is -4.88. The van der Waals surface area contributed by atoms with Crippen LogP contribution in [0.25, 0.3) is 49.7 Å². The summed E-state index contributed by atoms with van der Waals surface area (Å²) < 4.78 is 2.51. The fraction of sp³-hybridized carbons (Fsp3) is 0.182. The molecular weight excluding hydrogens is 542 g/mol. The summed E-state index contributed by atoms with van der Waals surface area (Å²) in [5, 5.41) is 2.62. The molecule has 0 radical (unpaired) electrons. The van der Waals surface area contributed by atoms with Crippen LogP contribution in [-0.2, 0) is 11.8 Å². The number of aryl methyl sites for hydroxylation is 3. The zero-order valence-electron chi connectivity index (χ0n) is 26.7. The molecule has 1 nitrogen and oxygen atoms in total. The smallest absolute Gasteiger partial charge is 0.0544 e. The van der Waals surface area contributed by atoms with Crippen molar-refractivity contribution in [3.05, 3.63) is 160 Å². The highest BCUT2D eigenvalue weighted by Crippen LogP contribution is 2.51. The maximum absolute atomic E-state index is 2.51. The maximum atomic E-state index is 2.51. The minimum atomic E-state index is -0.0484. The fourth-order valence-corrected chi connectivity index (χ4v) is 8.95. The minimum absolute atomic E-state index is 0.0484. The maximum Gasteiger partial charge on any atom is 0.0544 e. The van der Waals surface area contributed by atoms with E-state index in [1.807, 2.05) is 0 Å². The highest BCUT2D eigenvalue weighted by molar-refractivity contribution is 6.11. The lowest BCUT2D eigenvalue weighted by atomic mass is 9.73. The van der Waals surface area contributed by atoms with Crippen molar-refractivity contribution in [1.82, 2.24) is 4.57 Å². The molecular formula is C44H37N. The average Bonchev–Trinajstić information content (AvgIpc) is 3.48. The molecule has 0 bridgehead atoms. The van der Waals surface area contributed by atoms with Crippen LogP contribution >= 0.6 is 0 Å². The van der Waals surface area contributed by atoms with Crippen molar-refractivity contribution in [1.29, 1.82) is 0 Å². The Bertz CT molecular complexity index is 2340. The third-order valence-electron chi connectivity index (χ3n) is 10.9. The van der Waals surface area contributed by atoms with Crippen molar-refractivity contribution in [3.8, 4) is 27.9 Å². The Morgan fingerprint density at radius 1 is 0.578 bits per heavy atom. The summed E-state index contributed by atoms with van der Waals surface area (Å²) in [5.41, 5.74) is 20.5. The van der Waals surface area contributed by atoms with E-state index in [0.29, 0.717) is 5.92 Å². The summed E-state index contributed by atoms with van der Waals surface area (Å²) in [6.07, 6.45) is 1.03. The van der Waals surface area contributed by atoms with E-state index in [-0.39, 0.29) is 5.41 Å². The zero-order chi connectivity index (χ0) is 30.6. The van der Waals surface area contributed by atoms with Crippen molar-refractivity contribution >= 4 is 21.8 Å². The van der Waals surface area contributed by atoms with Crippen LogP contribution in [0.4, 0.5) is 0 Å². The van der Waals surface area contributed by atoms with Crippen LogP contribution < -0.4 is 0 Å². The number of benzene rings is 6. The molecule has 1 heterocycles. The summed E-state index contributed by atoms with van der Waals surface area (Å²) in [4.78, 5) is 0. The van der Waals surface area contributed by atoms with Crippen LogP contribution in [0.5, 0.6) is 0 Å². The Morgan fingerprint density at radius 2 is 1.29 bits per heavy atom. The molecule has 1 unspecified atom stereocenters. The van der Waals surface area contributed by atoms with E-state index in [2.05, 4.69) is 154 Å². The number of hydrogen-bond donors (Lipinski definition) is 0. The first-order valence-corrected chi connectivity index (χ1v) is 16.3. The summed E-state index contributed by atoms with van der Waals surface area (Å²) in [6, 6.07) is 43.9. The van der Waals surface area contributed by atoms with Crippen LogP contribution in [0.15, 0.2) is 115 Å². The largest absolute Gasteiger partial charge is 0.309 e. The standard InChI is InChI=1S/C44H37N/c1-26-20-27(2)43(28(3)21-26)38-22-29-12-6-7-13-31(29)35-23-30(18-19-32(35)38)45-41-17-11-9-15-34(41)37-24-36-33-14-8-10-16-39(33)44(4,5)40(36)25-42(37)45/h6-21,23-25,38H,22H2,1-5H3. The van der Waals surface area contributed by atoms with E-state index in [9.17, 15) is 0 Å². The molecule has 0 saturated heterocycles. The van der Waals surface area contributed by atoms with E-state index in [0.717, 1.165) is 6.42 Å². The molecule has 1 atom stereocenters. The lowest BCUT2D eigenvalue weighted by Crippen LogP contribution is -2.16. The Morgan fingerprint density at radius 3 is 2.11 bits per heavy atom. The van der Waals surface area contributed by atoms with Gasteiger partial charge in [-0.25, -0.2) is 0 Å². The monoisotopic (exact) mass is 579 g/mol. The molecule has 0 saturated carbocycles. The molecule has 7 aromatic rings. The van der Waals surface area contributed by atoms with Gasteiger partial charge in [0.15, 0.2) is 0 Å². The molecule has 218 valence electrons. The van der Waals surface area contributed by atoms with Gasteiger partial charge in [0, 0.05) is 27.8 Å². The van der Waals surface area contributed by atoms with Gasteiger partial charge in [-0.1, -0.05) is 104 Å². The second-order valence-electron chi connectivity index (χ2n) is 13.9. The lowest BCUT2D eigenvalue weighted by molar-refractivity contribution is 0.661. The van der Waals surface area contributed by atoms with Gasteiger partial charge in [0.25, 0.3) is 0 Å². The average molecular weight is 580 g/mol. The molecule has 2 aliphatic rings. The molecule has 9 rings (SSSR count). The fourth-order valence-electron chi connectivity index (χ4n) is 8.95. The van der Waals surface area contributed by atoms with E-state index < -0.39 is 0 Å². The van der Waals surface area contributed by atoms with Gasteiger partial charge in [0.2, 0.25) is 0 Å². The van der Waals surface area contributed by atoms with Gasteiger partial charge >= 0.3 is 0 Å². The number of para-hydroxylation sites is 1.